The number of ether oxygens (including phenoxy) is 1. The van der Waals surface area contributed by atoms with Gasteiger partial charge >= 0.3 is 0 Å². The Balaban J connectivity index is 1.55. The van der Waals surface area contributed by atoms with Crippen molar-refractivity contribution in [1.82, 2.24) is 10.4 Å². The minimum Gasteiger partial charge on any atom is -0.504 e. The molecule has 162 valence electrons. The van der Waals surface area contributed by atoms with Gasteiger partial charge in [0.25, 0.3) is 0 Å². The van der Waals surface area contributed by atoms with E-state index in [0.29, 0.717) is 5.75 Å². The minimum absolute atomic E-state index is 0.0685. The Bertz CT molecular complexity index is 1170. The number of halogens is 1. The number of hydrogen-bond acceptors (Lipinski definition) is 6. The number of benzene rings is 3. The molecule has 3 aromatic rings. The summed E-state index contributed by atoms with van der Waals surface area (Å²) in [5.74, 6) is 0.544. The highest BCUT2D eigenvalue weighted by Gasteiger charge is 2.44. The first-order chi connectivity index (χ1) is 15.6. The summed E-state index contributed by atoms with van der Waals surface area (Å²) in [6.45, 7) is 0. The fourth-order valence-electron chi connectivity index (χ4n) is 3.90. The van der Waals surface area contributed by atoms with Crippen LogP contribution >= 0.6 is 27.7 Å². The first kappa shape index (κ1) is 21.1. The third-order valence-electron chi connectivity index (χ3n) is 5.51. The van der Waals surface area contributed by atoms with Crippen LogP contribution in [0.5, 0.6) is 11.5 Å². The molecule has 2 heterocycles. The lowest BCUT2D eigenvalue weighted by Crippen LogP contribution is -2.39. The molecule has 1 fully saturated rings. The van der Waals surface area contributed by atoms with Crippen LogP contribution in [0.15, 0.2) is 99.9 Å². The van der Waals surface area contributed by atoms with Crippen molar-refractivity contribution in [3.05, 3.63) is 101 Å². The van der Waals surface area contributed by atoms with Crippen LogP contribution in [0.25, 0.3) is 0 Å². The lowest BCUT2D eigenvalue weighted by molar-refractivity contribution is 0.260. The topological polar surface area (TPSA) is 57.1 Å². The van der Waals surface area contributed by atoms with Crippen LogP contribution in [0.2, 0.25) is 0 Å². The number of phenolic OH excluding ortho intramolecular Hbond substituents is 1. The molecule has 0 radical (unpaired) electrons. The molecule has 0 spiro atoms. The van der Waals surface area contributed by atoms with E-state index in [1.807, 2.05) is 36.4 Å². The molecule has 0 amide bonds. The van der Waals surface area contributed by atoms with Gasteiger partial charge in [-0.1, -0.05) is 76.2 Å². The Morgan fingerprint density at radius 1 is 1.03 bits per heavy atom. The first-order valence-corrected chi connectivity index (χ1v) is 12.0. The second-order valence-electron chi connectivity index (χ2n) is 7.54. The molecule has 0 bridgehead atoms. The number of allylic oxidation sites excluding steroid dienone is 1. The maximum Gasteiger partial charge on any atom is 0.161 e. The smallest absolute Gasteiger partial charge is 0.161 e. The number of aliphatic imine (C=N–C) groups is 1. The van der Waals surface area contributed by atoms with Crippen LogP contribution in [0, 0.1) is 0 Å². The monoisotopic (exact) mass is 507 g/mol. The number of methoxy groups -OCH3 is 1. The number of rotatable bonds is 5. The van der Waals surface area contributed by atoms with E-state index in [-0.39, 0.29) is 22.8 Å². The Morgan fingerprint density at radius 3 is 2.47 bits per heavy atom. The van der Waals surface area contributed by atoms with E-state index >= 15 is 0 Å². The van der Waals surface area contributed by atoms with E-state index in [2.05, 4.69) is 68.8 Å². The second-order valence-corrected chi connectivity index (χ2v) is 9.70. The Morgan fingerprint density at radius 2 is 1.75 bits per heavy atom. The number of hydrazine groups is 1. The summed E-state index contributed by atoms with van der Waals surface area (Å²) in [6, 6.07) is 26.1. The van der Waals surface area contributed by atoms with Gasteiger partial charge < -0.3 is 9.84 Å². The summed E-state index contributed by atoms with van der Waals surface area (Å²) in [5.41, 5.74) is 6.61. The summed E-state index contributed by atoms with van der Waals surface area (Å²) < 4.78 is 5.32. The molecule has 7 heteroatoms. The fraction of sp³-hybridized carbons (Fsp3) is 0.160. The molecule has 5 rings (SSSR count). The van der Waals surface area contributed by atoms with Gasteiger partial charge in [0.1, 0.15) is 0 Å². The summed E-state index contributed by atoms with van der Waals surface area (Å²) in [5, 5.41) is 13.2. The molecule has 5 nitrogen and oxygen atoms in total. The van der Waals surface area contributed by atoms with Crippen molar-refractivity contribution in [3.8, 4) is 11.5 Å². The van der Waals surface area contributed by atoms with Gasteiger partial charge in [0, 0.05) is 10.5 Å². The van der Waals surface area contributed by atoms with Crippen LogP contribution in [0.1, 0.15) is 17.2 Å². The zero-order valence-corrected chi connectivity index (χ0v) is 19.8. The highest BCUT2D eigenvalue weighted by molar-refractivity contribution is 9.09. The van der Waals surface area contributed by atoms with Crippen molar-refractivity contribution < 1.29 is 9.84 Å². The van der Waals surface area contributed by atoms with Crippen molar-refractivity contribution in [2.24, 2.45) is 4.99 Å². The Kier molecular flexibility index (Phi) is 5.95. The van der Waals surface area contributed by atoms with Crippen LogP contribution in [0.3, 0.4) is 0 Å². The predicted molar refractivity (Wildman–Crippen MR) is 132 cm³/mol. The molecule has 1 saturated heterocycles. The quantitative estimate of drug-likeness (QED) is 0.447. The van der Waals surface area contributed by atoms with Gasteiger partial charge in [-0.05, 0) is 42.0 Å². The maximum atomic E-state index is 10.0. The average Bonchev–Trinajstić information content (AvgIpc) is 3.17. The average molecular weight is 508 g/mol. The predicted octanol–water partition coefficient (Wildman–Crippen LogP) is 5.49. The van der Waals surface area contributed by atoms with E-state index in [4.69, 9.17) is 9.73 Å². The van der Waals surface area contributed by atoms with Crippen LogP contribution in [-0.2, 0) is 0 Å². The molecule has 2 aliphatic heterocycles. The zero-order valence-electron chi connectivity index (χ0n) is 17.4. The number of nitrogens with zero attached hydrogens (tertiary/aromatic N) is 2. The third kappa shape index (κ3) is 4.03. The molecule has 3 unspecified atom stereocenters. The normalized spacial score (nSPS) is 22.2. The van der Waals surface area contributed by atoms with E-state index in [1.54, 1.807) is 24.9 Å². The first-order valence-electron chi connectivity index (χ1n) is 10.3. The molecule has 0 aromatic heterocycles. The Hall–Kier alpha value is -2.74. The second kappa shape index (κ2) is 9.02. The van der Waals surface area contributed by atoms with Gasteiger partial charge in [-0.15, -0.1) is 0 Å². The SMILES string of the molecule is COc1cc(C2=NC3C(Br)C(c4ccccc4)NN3C(Sc3ccccc3)=C2)ccc1O. The molecule has 3 atom stereocenters. The summed E-state index contributed by atoms with van der Waals surface area (Å²) in [7, 11) is 1.55. The lowest BCUT2D eigenvalue weighted by Gasteiger charge is -2.30. The molecule has 32 heavy (non-hydrogen) atoms. The molecule has 0 saturated carbocycles. The molecule has 0 aliphatic carbocycles. The number of nitrogens with one attached hydrogen (secondary N) is 1. The number of phenols is 1. The number of hydrogen-bond donors (Lipinski definition) is 2. The van der Waals surface area contributed by atoms with Gasteiger partial charge in [0.15, 0.2) is 17.7 Å². The maximum absolute atomic E-state index is 10.0. The van der Waals surface area contributed by atoms with Gasteiger partial charge in [-0.2, -0.15) is 0 Å². The van der Waals surface area contributed by atoms with E-state index in [9.17, 15) is 5.11 Å². The largest absolute Gasteiger partial charge is 0.504 e. The van der Waals surface area contributed by atoms with Crippen molar-refractivity contribution in [2.75, 3.05) is 7.11 Å². The van der Waals surface area contributed by atoms with Crippen LogP contribution < -0.4 is 10.2 Å². The highest BCUT2D eigenvalue weighted by atomic mass is 79.9. The zero-order chi connectivity index (χ0) is 22.1. The van der Waals surface area contributed by atoms with Crippen molar-refractivity contribution in [1.29, 1.82) is 0 Å². The number of fused-ring (bicyclic) bond motifs is 1. The molecule has 3 aromatic carbocycles. The molecular weight excluding hydrogens is 486 g/mol. The minimum atomic E-state index is -0.133. The summed E-state index contributed by atoms with van der Waals surface area (Å²) in [4.78, 5) is 6.29. The van der Waals surface area contributed by atoms with Gasteiger partial charge in [0.05, 0.1) is 28.7 Å². The van der Waals surface area contributed by atoms with E-state index in [0.717, 1.165) is 21.2 Å². The number of aromatic hydroxyl groups is 1. The summed E-state index contributed by atoms with van der Waals surface area (Å²) >= 11 is 5.62. The van der Waals surface area contributed by atoms with Crippen molar-refractivity contribution in [3.63, 3.8) is 0 Å². The van der Waals surface area contributed by atoms with Crippen LogP contribution in [-0.4, -0.2) is 33.9 Å². The fourth-order valence-corrected chi connectivity index (χ4v) is 5.65. The van der Waals surface area contributed by atoms with Crippen LogP contribution in [0.4, 0.5) is 0 Å². The van der Waals surface area contributed by atoms with Crippen molar-refractivity contribution >= 4 is 33.4 Å². The highest BCUT2D eigenvalue weighted by Crippen LogP contribution is 2.42. The molecule has 2 N–H and O–H groups in total. The van der Waals surface area contributed by atoms with Gasteiger partial charge in [-0.3, -0.25) is 10.0 Å². The van der Waals surface area contributed by atoms with Gasteiger partial charge in [-0.25, -0.2) is 5.43 Å². The lowest BCUT2D eigenvalue weighted by atomic mass is 10.0. The van der Waals surface area contributed by atoms with Crippen molar-refractivity contribution in [2.45, 2.75) is 21.9 Å². The standard InChI is InChI=1S/C25H22BrN3O2S/c1-31-21-14-17(12-13-20(21)30)19-15-22(32-18-10-6-3-7-11-18)29-25(27-19)23(26)24(28-29)16-8-4-2-5-9-16/h2-15,23-25,28,30H,1H3. The Labute approximate surface area is 199 Å². The number of thioether (sulfide) groups is 1. The third-order valence-corrected chi connectivity index (χ3v) is 7.55. The van der Waals surface area contributed by atoms with Gasteiger partial charge in [0.2, 0.25) is 0 Å². The van der Waals surface area contributed by atoms with E-state index < -0.39 is 0 Å². The number of alkyl halides is 1. The summed E-state index contributed by atoms with van der Waals surface area (Å²) in [6.07, 6.45) is 1.95. The van der Waals surface area contributed by atoms with E-state index in [1.165, 1.54) is 5.56 Å². The molecule has 2 aliphatic rings. The molecular formula is C25H22BrN3O2S.